The number of benzene rings is 2. The van der Waals surface area contributed by atoms with Crippen LogP contribution in [0.3, 0.4) is 0 Å². The van der Waals surface area contributed by atoms with Gasteiger partial charge in [-0.3, -0.25) is 9.69 Å². The van der Waals surface area contributed by atoms with Crippen LogP contribution in [-0.4, -0.2) is 27.0 Å². The molecule has 4 aromatic rings. The summed E-state index contributed by atoms with van der Waals surface area (Å²) in [5, 5.41) is 0.660. The van der Waals surface area contributed by atoms with Crippen molar-refractivity contribution in [2.45, 2.75) is 13.0 Å². The minimum absolute atomic E-state index is 0.0819. The van der Waals surface area contributed by atoms with Crippen molar-refractivity contribution >= 4 is 60.1 Å². The van der Waals surface area contributed by atoms with Crippen LogP contribution < -0.4 is 4.90 Å². The fourth-order valence-corrected chi connectivity index (χ4v) is 4.71. The number of aryl methyl sites for hydroxylation is 1. The van der Waals surface area contributed by atoms with E-state index >= 15 is 0 Å². The minimum atomic E-state index is -0.483. The molecule has 0 radical (unpaired) electrons. The molecule has 5 nitrogen and oxygen atoms in total. The number of rotatable bonds is 6. The number of amides is 1. The molecular weight excluding hydrogens is 479 g/mol. The van der Waals surface area contributed by atoms with E-state index in [4.69, 9.17) is 11.6 Å². The minimum Gasteiger partial charge on any atom is -0.337 e. The van der Waals surface area contributed by atoms with E-state index in [2.05, 4.69) is 25.9 Å². The SMILES string of the molecule is O=C(c1ccc(F)cc1Cl)N(CCCn1ccnc1)c1nc2ccc(Br)cc2s1. The van der Waals surface area contributed by atoms with Crippen molar-refractivity contribution < 1.29 is 9.18 Å². The zero-order chi connectivity index (χ0) is 20.4. The molecule has 0 saturated heterocycles. The molecular formula is C20H15BrClFN4OS. The molecule has 0 spiro atoms. The second-order valence-corrected chi connectivity index (χ2v) is 8.68. The lowest BCUT2D eigenvalue weighted by Gasteiger charge is -2.20. The molecule has 0 unspecified atom stereocenters. The average molecular weight is 494 g/mol. The molecule has 9 heteroatoms. The van der Waals surface area contributed by atoms with Gasteiger partial charge in [-0.05, 0) is 42.8 Å². The van der Waals surface area contributed by atoms with Crippen LogP contribution in [-0.2, 0) is 6.54 Å². The Bertz CT molecular complexity index is 1160. The van der Waals surface area contributed by atoms with Crippen molar-refractivity contribution in [2.75, 3.05) is 11.4 Å². The summed E-state index contributed by atoms with van der Waals surface area (Å²) in [6.07, 6.45) is 6.02. The molecule has 4 rings (SSSR count). The van der Waals surface area contributed by atoms with Gasteiger partial charge >= 0.3 is 0 Å². The van der Waals surface area contributed by atoms with Crippen molar-refractivity contribution in [3.8, 4) is 0 Å². The number of hydrogen-bond acceptors (Lipinski definition) is 4. The molecule has 2 aromatic heterocycles. The Hall–Kier alpha value is -2.29. The van der Waals surface area contributed by atoms with Crippen LogP contribution in [0.1, 0.15) is 16.8 Å². The summed E-state index contributed by atoms with van der Waals surface area (Å²) in [7, 11) is 0. The van der Waals surface area contributed by atoms with Crippen molar-refractivity contribution in [1.29, 1.82) is 0 Å². The average Bonchev–Trinajstić information content (AvgIpc) is 3.34. The third-order valence-corrected chi connectivity index (χ3v) is 6.18. The number of thiazole rings is 1. The van der Waals surface area contributed by atoms with Gasteiger partial charge in [0.2, 0.25) is 0 Å². The summed E-state index contributed by atoms with van der Waals surface area (Å²) >= 11 is 11.0. The van der Waals surface area contributed by atoms with Gasteiger partial charge in [0.1, 0.15) is 5.82 Å². The Balaban J connectivity index is 1.66. The predicted molar refractivity (Wildman–Crippen MR) is 117 cm³/mol. The van der Waals surface area contributed by atoms with Gasteiger partial charge in [0.25, 0.3) is 5.91 Å². The maximum absolute atomic E-state index is 13.4. The van der Waals surface area contributed by atoms with Crippen LogP contribution in [0, 0.1) is 5.82 Å². The third-order valence-electron chi connectivity index (χ3n) is 4.33. The first-order valence-electron chi connectivity index (χ1n) is 8.80. The van der Waals surface area contributed by atoms with E-state index < -0.39 is 5.82 Å². The second-order valence-electron chi connectivity index (χ2n) is 6.34. The van der Waals surface area contributed by atoms with Gasteiger partial charge in [0.05, 0.1) is 27.1 Å². The number of anilines is 1. The van der Waals surface area contributed by atoms with Gasteiger partial charge < -0.3 is 4.57 Å². The molecule has 0 atom stereocenters. The first-order chi connectivity index (χ1) is 14.0. The highest BCUT2D eigenvalue weighted by Crippen LogP contribution is 2.32. The first-order valence-corrected chi connectivity index (χ1v) is 10.8. The van der Waals surface area contributed by atoms with E-state index in [1.807, 2.05) is 29.0 Å². The van der Waals surface area contributed by atoms with Gasteiger partial charge in [-0.25, -0.2) is 14.4 Å². The lowest BCUT2D eigenvalue weighted by molar-refractivity contribution is 0.0986. The number of imidazole rings is 1. The maximum Gasteiger partial charge on any atom is 0.261 e. The summed E-state index contributed by atoms with van der Waals surface area (Å²) in [5.74, 6) is -0.790. The Kier molecular flexibility index (Phi) is 5.94. The Morgan fingerprint density at radius 2 is 2.14 bits per heavy atom. The second kappa shape index (κ2) is 8.61. The molecule has 0 N–H and O–H groups in total. The van der Waals surface area contributed by atoms with E-state index in [1.54, 1.807) is 17.4 Å². The lowest BCUT2D eigenvalue weighted by Crippen LogP contribution is -2.32. The summed E-state index contributed by atoms with van der Waals surface area (Å²) in [4.78, 5) is 23.5. The number of nitrogens with zero attached hydrogens (tertiary/aromatic N) is 4. The van der Waals surface area contributed by atoms with Crippen LogP contribution in [0.2, 0.25) is 5.02 Å². The van der Waals surface area contributed by atoms with E-state index in [-0.39, 0.29) is 16.5 Å². The van der Waals surface area contributed by atoms with Gasteiger partial charge in [-0.2, -0.15) is 0 Å². The van der Waals surface area contributed by atoms with Crippen molar-refractivity contribution in [3.63, 3.8) is 0 Å². The van der Waals surface area contributed by atoms with Gasteiger partial charge in [0.15, 0.2) is 5.13 Å². The summed E-state index contributed by atoms with van der Waals surface area (Å²) in [6.45, 7) is 1.14. The van der Waals surface area contributed by atoms with Crippen molar-refractivity contribution in [2.24, 2.45) is 0 Å². The third kappa shape index (κ3) is 4.49. The predicted octanol–water partition coefficient (Wildman–Crippen LogP) is 5.78. The zero-order valence-corrected chi connectivity index (χ0v) is 18.2. The number of halogens is 3. The maximum atomic E-state index is 13.4. The van der Waals surface area contributed by atoms with Gasteiger partial charge in [-0.1, -0.05) is 38.9 Å². The molecule has 0 aliphatic rings. The molecule has 148 valence electrons. The van der Waals surface area contributed by atoms with Crippen LogP contribution in [0.25, 0.3) is 10.2 Å². The molecule has 0 saturated carbocycles. The van der Waals surface area contributed by atoms with E-state index in [1.165, 1.54) is 23.5 Å². The Labute approximate surface area is 183 Å². The monoisotopic (exact) mass is 492 g/mol. The lowest BCUT2D eigenvalue weighted by atomic mass is 10.2. The quantitative estimate of drug-likeness (QED) is 0.342. The topological polar surface area (TPSA) is 51.0 Å². The molecule has 0 aliphatic heterocycles. The number of hydrogen-bond donors (Lipinski definition) is 0. The smallest absolute Gasteiger partial charge is 0.261 e. The molecule has 2 aromatic carbocycles. The van der Waals surface area contributed by atoms with E-state index in [9.17, 15) is 9.18 Å². The largest absolute Gasteiger partial charge is 0.337 e. The van der Waals surface area contributed by atoms with E-state index in [0.29, 0.717) is 24.6 Å². The zero-order valence-electron chi connectivity index (χ0n) is 15.1. The molecule has 2 heterocycles. The number of carbonyl (C=O) groups excluding carboxylic acids is 1. The molecule has 29 heavy (non-hydrogen) atoms. The molecule has 0 fully saturated rings. The fourth-order valence-electron chi connectivity index (χ4n) is 2.92. The fraction of sp³-hybridized carbons (Fsp3) is 0.150. The highest BCUT2D eigenvalue weighted by molar-refractivity contribution is 9.10. The van der Waals surface area contributed by atoms with Crippen molar-refractivity contribution in [3.05, 3.63) is 76.0 Å². The van der Waals surface area contributed by atoms with Gasteiger partial charge in [-0.15, -0.1) is 0 Å². The number of carbonyl (C=O) groups is 1. The highest BCUT2D eigenvalue weighted by atomic mass is 79.9. The summed E-state index contributed by atoms with van der Waals surface area (Å²) in [5.41, 5.74) is 1.06. The highest BCUT2D eigenvalue weighted by Gasteiger charge is 2.23. The normalized spacial score (nSPS) is 11.1. The molecule has 0 aliphatic carbocycles. The summed E-state index contributed by atoms with van der Waals surface area (Å²) in [6, 6.07) is 9.57. The van der Waals surface area contributed by atoms with E-state index in [0.717, 1.165) is 20.8 Å². The molecule has 0 bridgehead atoms. The van der Waals surface area contributed by atoms with Crippen LogP contribution in [0.4, 0.5) is 9.52 Å². The number of aromatic nitrogens is 3. The molecule has 1 amide bonds. The Morgan fingerprint density at radius 3 is 2.90 bits per heavy atom. The summed E-state index contributed by atoms with van der Waals surface area (Å²) < 4.78 is 17.3. The van der Waals surface area contributed by atoms with Crippen LogP contribution in [0.5, 0.6) is 0 Å². The van der Waals surface area contributed by atoms with Gasteiger partial charge in [0, 0.05) is 30.0 Å². The first kappa shape index (κ1) is 20.0. The number of fused-ring (bicyclic) bond motifs is 1. The van der Waals surface area contributed by atoms with Crippen LogP contribution >= 0.6 is 38.9 Å². The van der Waals surface area contributed by atoms with Crippen molar-refractivity contribution in [1.82, 2.24) is 14.5 Å². The Morgan fingerprint density at radius 1 is 1.28 bits per heavy atom. The van der Waals surface area contributed by atoms with Crippen LogP contribution in [0.15, 0.2) is 59.6 Å². The standard InChI is InChI=1S/C20H15BrClFN4OS/c21-13-2-5-17-18(10-13)29-20(25-17)27(8-1-7-26-9-6-24-12-26)19(28)15-4-3-14(23)11-16(15)22/h2-6,9-12H,1,7-8H2.